The molecule has 20 nitrogen and oxygen atoms in total. The molecule has 21 heteroatoms. The number of carboxylic acids is 2. The van der Waals surface area contributed by atoms with Crippen molar-refractivity contribution in [3.05, 3.63) is 0 Å². The van der Waals surface area contributed by atoms with Crippen LogP contribution in [-0.2, 0) is 33.6 Å². The fourth-order valence-electron chi connectivity index (χ4n) is 4.26. The lowest BCUT2D eigenvalue weighted by atomic mass is 10.0. The highest BCUT2D eigenvalue weighted by Crippen LogP contribution is 2.09. The molecule has 6 atom stereocenters. The topological polar surface area (TPSA) is 357 Å². The van der Waals surface area contributed by atoms with E-state index >= 15 is 0 Å². The van der Waals surface area contributed by atoms with Crippen LogP contribution in [0.1, 0.15) is 58.8 Å². The molecule has 0 heterocycles. The van der Waals surface area contributed by atoms with E-state index in [1.54, 1.807) is 13.8 Å². The standard InChI is InChI=1S/C28H52N10O10S/c1-14(2)10-19(27(47)48)37-25(45)18(11-21(40)41)36-24(44)16(6-3-4-8-29)34-23(43)17(7-5-9-33-28(31)32)35-26(46)20(12-39)38-22(42)15(30)13-49/h14-20,39,49H,3-13,29-30H2,1-2H3,(H,34,43)(H,35,46)(H,36,44)(H,37,45)(H,38,42)(H,40,41)(H,47,48)(H4,31,32,33)/t15-,16-,17-,18-,19-,20-/m0/s1. The largest absolute Gasteiger partial charge is 0.481 e. The lowest BCUT2D eigenvalue weighted by Crippen LogP contribution is -2.60. The van der Waals surface area contributed by atoms with Crippen LogP contribution in [0.3, 0.4) is 0 Å². The molecule has 16 N–H and O–H groups in total. The van der Waals surface area contributed by atoms with Gasteiger partial charge in [0, 0.05) is 12.3 Å². The van der Waals surface area contributed by atoms with Crippen LogP contribution in [0.25, 0.3) is 0 Å². The van der Waals surface area contributed by atoms with E-state index in [2.05, 4.69) is 44.2 Å². The van der Waals surface area contributed by atoms with E-state index in [0.29, 0.717) is 12.8 Å². The van der Waals surface area contributed by atoms with Gasteiger partial charge in [-0.05, 0) is 51.0 Å². The molecule has 0 aliphatic rings. The smallest absolute Gasteiger partial charge is 0.326 e. The molecule has 0 bridgehead atoms. The number of carbonyl (C=O) groups is 7. The summed E-state index contributed by atoms with van der Waals surface area (Å²) in [4.78, 5) is 92.2. The van der Waals surface area contributed by atoms with Crippen molar-refractivity contribution in [1.82, 2.24) is 26.6 Å². The van der Waals surface area contributed by atoms with Gasteiger partial charge in [0.1, 0.15) is 30.2 Å². The van der Waals surface area contributed by atoms with Gasteiger partial charge in [0.2, 0.25) is 29.5 Å². The van der Waals surface area contributed by atoms with Gasteiger partial charge >= 0.3 is 11.9 Å². The Balaban J connectivity index is 6.19. The second-order valence-electron chi connectivity index (χ2n) is 11.6. The summed E-state index contributed by atoms with van der Waals surface area (Å²) in [5.74, 6) is -7.88. The molecule has 0 spiro atoms. The number of thiol groups is 1. The quantitative estimate of drug-likeness (QED) is 0.0183. The highest BCUT2D eigenvalue weighted by molar-refractivity contribution is 7.80. The number of hydrogen-bond acceptors (Lipinski definition) is 12. The van der Waals surface area contributed by atoms with Crippen molar-refractivity contribution >= 4 is 60.1 Å². The summed E-state index contributed by atoms with van der Waals surface area (Å²) in [5, 5.41) is 40.3. The molecule has 49 heavy (non-hydrogen) atoms. The van der Waals surface area contributed by atoms with E-state index in [-0.39, 0.29) is 56.4 Å². The van der Waals surface area contributed by atoms with Gasteiger partial charge in [-0.15, -0.1) is 0 Å². The van der Waals surface area contributed by atoms with Crippen LogP contribution < -0.4 is 49.5 Å². The minimum atomic E-state index is -1.71. The zero-order valence-electron chi connectivity index (χ0n) is 27.7. The Hall–Kier alpha value is -4.21. The van der Waals surface area contributed by atoms with Crippen LogP contribution >= 0.6 is 12.6 Å². The van der Waals surface area contributed by atoms with Gasteiger partial charge in [-0.2, -0.15) is 12.6 Å². The van der Waals surface area contributed by atoms with Crippen LogP contribution in [0.5, 0.6) is 0 Å². The Morgan fingerprint density at radius 2 is 1.18 bits per heavy atom. The molecule has 0 radical (unpaired) electrons. The molecular weight excluding hydrogens is 668 g/mol. The van der Waals surface area contributed by atoms with Gasteiger partial charge in [-0.25, -0.2) is 4.79 Å². The summed E-state index contributed by atoms with van der Waals surface area (Å²) in [6, 6.07) is -8.38. The van der Waals surface area contributed by atoms with Gasteiger partial charge < -0.3 is 64.8 Å². The number of aliphatic imine (C=N–C) groups is 1. The molecule has 0 rings (SSSR count). The number of aliphatic carboxylic acids is 2. The average molecular weight is 721 g/mol. The summed E-state index contributed by atoms with van der Waals surface area (Å²) in [7, 11) is 0. The van der Waals surface area contributed by atoms with E-state index in [0.717, 1.165) is 0 Å². The maximum absolute atomic E-state index is 13.5. The number of hydrogen-bond donors (Lipinski definition) is 13. The molecule has 0 aromatic rings. The molecule has 0 saturated carbocycles. The van der Waals surface area contributed by atoms with Crippen molar-refractivity contribution in [1.29, 1.82) is 0 Å². The summed E-state index contributed by atoms with van der Waals surface area (Å²) in [6.07, 6.45) is -0.0692. The number of amides is 5. The number of nitrogens with zero attached hydrogens (tertiary/aromatic N) is 1. The Morgan fingerprint density at radius 3 is 1.63 bits per heavy atom. The van der Waals surface area contributed by atoms with Gasteiger partial charge in [0.05, 0.1) is 19.1 Å². The van der Waals surface area contributed by atoms with E-state index < -0.39 is 90.8 Å². The molecular formula is C28H52N10O10S. The second kappa shape index (κ2) is 24.0. The highest BCUT2D eigenvalue weighted by Gasteiger charge is 2.33. The summed E-state index contributed by atoms with van der Waals surface area (Å²) >= 11 is 3.92. The van der Waals surface area contributed by atoms with Crippen molar-refractivity contribution in [2.24, 2.45) is 33.8 Å². The van der Waals surface area contributed by atoms with Crippen molar-refractivity contribution in [2.45, 2.75) is 95.0 Å². The zero-order valence-corrected chi connectivity index (χ0v) is 28.6. The zero-order chi connectivity index (χ0) is 37.7. The second-order valence-corrected chi connectivity index (χ2v) is 11.9. The molecule has 0 aromatic carbocycles. The van der Waals surface area contributed by atoms with Crippen molar-refractivity contribution in [2.75, 3.05) is 25.4 Å². The predicted molar refractivity (Wildman–Crippen MR) is 181 cm³/mol. The first-order valence-corrected chi connectivity index (χ1v) is 16.3. The summed E-state index contributed by atoms with van der Waals surface area (Å²) in [6.45, 7) is 2.90. The third-order valence-corrected chi connectivity index (χ3v) is 7.23. The Kier molecular flexibility index (Phi) is 21.9. The SMILES string of the molecule is CC(C)C[C@H](NC(=O)[C@H](CC(=O)O)NC(=O)[C@H](CCCCN)NC(=O)[C@H](CCCN=C(N)N)NC(=O)[C@H](CO)NC(=O)[C@@H](N)CS)C(=O)O. The Labute approximate surface area is 289 Å². The Bertz CT molecular complexity index is 1160. The van der Waals surface area contributed by atoms with Crippen LogP contribution in [0.2, 0.25) is 0 Å². The number of carbonyl (C=O) groups excluding carboxylic acids is 5. The van der Waals surface area contributed by atoms with Crippen LogP contribution in [0, 0.1) is 5.92 Å². The number of nitrogens with one attached hydrogen (secondary N) is 5. The lowest BCUT2D eigenvalue weighted by molar-refractivity contribution is -0.144. The number of guanidine groups is 1. The van der Waals surface area contributed by atoms with Gasteiger partial charge in [0.15, 0.2) is 5.96 Å². The number of nitrogens with two attached hydrogens (primary N) is 4. The number of aliphatic hydroxyl groups is 1. The van der Waals surface area contributed by atoms with Crippen LogP contribution in [0.15, 0.2) is 4.99 Å². The third-order valence-electron chi connectivity index (χ3n) is 6.84. The van der Waals surface area contributed by atoms with Crippen LogP contribution in [0.4, 0.5) is 0 Å². The van der Waals surface area contributed by atoms with E-state index in [1.807, 2.05) is 0 Å². The molecule has 0 saturated heterocycles. The Morgan fingerprint density at radius 1 is 0.714 bits per heavy atom. The normalized spacial score (nSPS) is 14.6. The first-order chi connectivity index (χ1) is 23.0. The van der Waals surface area contributed by atoms with E-state index in [9.17, 15) is 48.9 Å². The van der Waals surface area contributed by atoms with Gasteiger partial charge in [-0.1, -0.05) is 13.8 Å². The number of rotatable bonds is 25. The van der Waals surface area contributed by atoms with Crippen molar-refractivity contribution in [3.63, 3.8) is 0 Å². The summed E-state index contributed by atoms with van der Waals surface area (Å²) < 4.78 is 0. The number of unbranched alkanes of at least 4 members (excludes halogenated alkanes) is 1. The highest BCUT2D eigenvalue weighted by atomic mass is 32.1. The summed E-state index contributed by atoms with van der Waals surface area (Å²) in [5.41, 5.74) is 21.9. The molecule has 0 aromatic heterocycles. The first kappa shape index (κ1) is 44.8. The molecule has 0 fully saturated rings. The molecule has 5 amide bonds. The molecule has 280 valence electrons. The molecule has 0 aliphatic carbocycles. The minimum Gasteiger partial charge on any atom is -0.481 e. The molecule has 0 unspecified atom stereocenters. The maximum atomic E-state index is 13.5. The maximum Gasteiger partial charge on any atom is 0.326 e. The minimum absolute atomic E-state index is 0.0209. The number of carboxylic acid groups (broad SMARTS) is 2. The van der Waals surface area contributed by atoms with E-state index in [4.69, 9.17) is 22.9 Å². The number of aliphatic hydroxyl groups excluding tert-OH is 1. The molecule has 0 aliphatic heterocycles. The lowest BCUT2D eigenvalue weighted by Gasteiger charge is -2.27. The van der Waals surface area contributed by atoms with Crippen molar-refractivity contribution < 1.29 is 48.9 Å². The van der Waals surface area contributed by atoms with E-state index in [1.165, 1.54) is 0 Å². The third kappa shape index (κ3) is 18.8. The van der Waals surface area contributed by atoms with Gasteiger partial charge in [-0.3, -0.25) is 33.8 Å². The van der Waals surface area contributed by atoms with Crippen LogP contribution in [-0.4, -0.2) is 124 Å². The predicted octanol–water partition coefficient (Wildman–Crippen LogP) is -4.55. The average Bonchev–Trinajstić information content (AvgIpc) is 3.02. The van der Waals surface area contributed by atoms with Gasteiger partial charge in [0.25, 0.3) is 0 Å². The first-order valence-electron chi connectivity index (χ1n) is 15.7. The fraction of sp³-hybridized carbons (Fsp3) is 0.714. The monoisotopic (exact) mass is 720 g/mol. The fourth-order valence-corrected chi connectivity index (χ4v) is 4.42. The van der Waals surface area contributed by atoms with Crippen molar-refractivity contribution in [3.8, 4) is 0 Å².